The van der Waals surface area contributed by atoms with Gasteiger partial charge in [-0.15, -0.1) is 0 Å². The van der Waals surface area contributed by atoms with Crippen molar-refractivity contribution in [3.63, 3.8) is 0 Å². The lowest BCUT2D eigenvalue weighted by Gasteiger charge is -2.26. The molecule has 1 aromatic heterocycles. The van der Waals surface area contributed by atoms with Crippen LogP contribution >= 0.6 is 0 Å². The number of hydrogen-bond acceptors (Lipinski definition) is 6. The Hall–Kier alpha value is -5.11. The minimum atomic E-state index is -0.864. The molecule has 2 heterocycles. The van der Waals surface area contributed by atoms with Crippen LogP contribution in [0.2, 0.25) is 0 Å². The fourth-order valence-corrected chi connectivity index (χ4v) is 5.09. The van der Waals surface area contributed by atoms with Crippen LogP contribution in [0.15, 0.2) is 100 Å². The van der Waals surface area contributed by atoms with E-state index in [0.717, 1.165) is 11.6 Å². The van der Waals surface area contributed by atoms with Crippen molar-refractivity contribution in [1.82, 2.24) is 0 Å². The molecule has 0 N–H and O–H groups in total. The lowest BCUT2D eigenvalue weighted by molar-refractivity contribution is 0.0971. The summed E-state index contributed by atoms with van der Waals surface area (Å²) >= 11 is 0. The maximum atomic E-state index is 14.2. The maximum absolute atomic E-state index is 14.2. The average Bonchev–Trinajstić information content (AvgIpc) is 3.29. The van der Waals surface area contributed by atoms with Gasteiger partial charge in [0.1, 0.15) is 23.8 Å². The number of methoxy groups -OCH3 is 1. The highest BCUT2D eigenvalue weighted by Gasteiger charge is 2.44. The number of fused-ring (bicyclic) bond motifs is 2. The van der Waals surface area contributed by atoms with E-state index in [1.165, 1.54) is 17.0 Å². The highest BCUT2D eigenvalue weighted by Crippen LogP contribution is 2.43. The highest BCUT2D eigenvalue weighted by atomic mass is 19.1. The van der Waals surface area contributed by atoms with Crippen molar-refractivity contribution in [2.45, 2.75) is 19.6 Å². The third kappa shape index (κ3) is 4.78. The molecule has 0 fully saturated rings. The summed E-state index contributed by atoms with van der Waals surface area (Å²) in [4.78, 5) is 29.2. The Balaban J connectivity index is 1.50. The van der Waals surface area contributed by atoms with Gasteiger partial charge in [0, 0.05) is 5.69 Å². The molecule has 4 aromatic carbocycles. The Morgan fingerprint density at radius 1 is 0.878 bits per heavy atom. The first-order valence-electron chi connectivity index (χ1n) is 13.2. The van der Waals surface area contributed by atoms with Gasteiger partial charge in [0.15, 0.2) is 16.9 Å². The normalized spacial score (nSPS) is 14.3. The number of rotatable bonds is 8. The zero-order valence-corrected chi connectivity index (χ0v) is 22.4. The van der Waals surface area contributed by atoms with Gasteiger partial charge in [0.05, 0.1) is 30.7 Å². The lowest BCUT2D eigenvalue weighted by atomic mass is 9.97. The molecule has 41 heavy (non-hydrogen) atoms. The quantitative estimate of drug-likeness (QED) is 0.214. The molecule has 1 atom stereocenters. The predicted molar refractivity (Wildman–Crippen MR) is 152 cm³/mol. The van der Waals surface area contributed by atoms with Gasteiger partial charge in [-0.05, 0) is 72.6 Å². The summed E-state index contributed by atoms with van der Waals surface area (Å²) < 4.78 is 37.4. The van der Waals surface area contributed by atoms with Gasteiger partial charge in [-0.3, -0.25) is 14.5 Å². The molecular formula is C33H26FNO6. The number of anilines is 1. The van der Waals surface area contributed by atoms with Gasteiger partial charge in [0.2, 0.25) is 5.76 Å². The van der Waals surface area contributed by atoms with Crippen LogP contribution in [0.4, 0.5) is 10.1 Å². The fraction of sp³-hybridized carbons (Fsp3) is 0.152. The van der Waals surface area contributed by atoms with E-state index >= 15 is 0 Å². The van der Waals surface area contributed by atoms with E-state index in [1.54, 1.807) is 49.6 Å². The molecule has 0 saturated carbocycles. The van der Waals surface area contributed by atoms with Gasteiger partial charge >= 0.3 is 0 Å². The first-order chi connectivity index (χ1) is 20.0. The van der Waals surface area contributed by atoms with E-state index in [0.29, 0.717) is 41.7 Å². The van der Waals surface area contributed by atoms with Crippen LogP contribution in [0.3, 0.4) is 0 Å². The van der Waals surface area contributed by atoms with Crippen LogP contribution in [0.5, 0.6) is 17.2 Å². The first-order valence-corrected chi connectivity index (χ1v) is 13.2. The summed E-state index contributed by atoms with van der Waals surface area (Å²) in [7, 11) is 1.55. The Morgan fingerprint density at radius 3 is 2.39 bits per heavy atom. The number of carbonyl (C=O) groups is 1. The SMILES string of the molecule is CCOc1cc(C2c3c(oc4ccc(F)cc4c3=O)C(=O)N2c2ccc(OC)cc2)ccc1OCc1ccccc1. The summed E-state index contributed by atoms with van der Waals surface area (Å²) in [5.74, 6) is 0.457. The van der Waals surface area contributed by atoms with Crippen molar-refractivity contribution in [3.05, 3.63) is 129 Å². The van der Waals surface area contributed by atoms with Crippen LogP contribution < -0.4 is 24.5 Å². The van der Waals surface area contributed by atoms with E-state index in [1.807, 2.05) is 37.3 Å². The Bertz CT molecular complexity index is 1800. The Kier molecular flexibility index (Phi) is 6.89. The molecule has 0 bridgehead atoms. The van der Waals surface area contributed by atoms with Gasteiger partial charge in [-0.2, -0.15) is 0 Å². The van der Waals surface area contributed by atoms with Crippen molar-refractivity contribution in [1.29, 1.82) is 0 Å². The second-order valence-corrected chi connectivity index (χ2v) is 9.50. The number of halogens is 1. The zero-order chi connectivity index (χ0) is 28.5. The van der Waals surface area contributed by atoms with Gasteiger partial charge in [-0.1, -0.05) is 36.4 Å². The number of hydrogen-bond donors (Lipinski definition) is 0. The summed E-state index contributed by atoms with van der Waals surface area (Å²) in [6.07, 6.45) is 0. The van der Waals surface area contributed by atoms with E-state index in [-0.39, 0.29) is 22.3 Å². The predicted octanol–water partition coefficient (Wildman–Crippen LogP) is 6.67. The maximum Gasteiger partial charge on any atom is 0.295 e. The summed E-state index contributed by atoms with van der Waals surface area (Å²) in [5, 5.41) is 0.0611. The molecule has 0 radical (unpaired) electrons. The minimum Gasteiger partial charge on any atom is -0.497 e. The van der Waals surface area contributed by atoms with Crippen LogP contribution in [0.1, 0.15) is 40.2 Å². The van der Waals surface area contributed by atoms with Crippen LogP contribution in [-0.2, 0) is 6.61 Å². The van der Waals surface area contributed by atoms with Crippen LogP contribution in [0.25, 0.3) is 11.0 Å². The molecule has 6 rings (SSSR count). The molecule has 0 spiro atoms. The number of ether oxygens (including phenoxy) is 3. The van der Waals surface area contributed by atoms with E-state index in [4.69, 9.17) is 18.6 Å². The van der Waals surface area contributed by atoms with Crippen molar-refractivity contribution in [3.8, 4) is 17.2 Å². The summed E-state index contributed by atoms with van der Waals surface area (Å²) in [5.41, 5.74) is 1.92. The molecule has 7 nitrogen and oxygen atoms in total. The first kappa shape index (κ1) is 26.1. The molecular weight excluding hydrogens is 525 g/mol. The second-order valence-electron chi connectivity index (χ2n) is 9.50. The van der Waals surface area contributed by atoms with Crippen molar-refractivity contribution < 1.29 is 27.8 Å². The van der Waals surface area contributed by atoms with E-state index < -0.39 is 23.2 Å². The molecule has 1 amide bonds. The topological polar surface area (TPSA) is 78.2 Å². The molecule has 1 aliphatic rings. The largest absolute Gasteiger partial charge is 0.497 e. The smallest absolute Gasteiger partial charge is 0.295 e. The third-order valence-electron chi connectivity index (χ3n) is 7.00. The van der Waals surface area contributed by atoms with Crippen LogP contribution in [-0.4, -0.2) is 19.6 Å². The van der Waals surface area contributed by atoms with Gasteiger partial charge in [-0.25, -0.2) is 4.39 Å². The molecule has 1 aliphatic heterocycles. The number of benzene rings is 4. The lowest BCUT2D eigenvalue weighted by Crippen LogP contribution is -2.29. The summed E-state index contributed by atoms with van der Waals surface area (Å²) in [6.45, 7) is 2.57. The van der Waals surface area contributed by atoms with Gasteiger partial charge in [0.25, 0.3) is 5.91 Å². The molecule has 1 unspecified atom stereocenters. The molecule has 206 valence electrons. The summed E-state index contributed by atoms with van der Waals surface area (Å²) in [6, 6.07) is 24.8. The fourth-order valence-electron chi connectivity index (χ4n) is 5.09. The van der Waals surface area contributed by atoms with Crippen molar-refractivity contribution in [2.75, 3.05) is 18.6 Å². The average molecular weight is 552 g/mol. The monoisotopic (exact) mass is 551 g/mol. The van der Waals surface area contributed by atoms with Crippen molar-refractivity contribution >= 4 is 22.6 Å². The zero-order valence-electron chi connectivity index (χ0n) is 22.4. The number of nitrogens with zero attached hydrogens (tertiary/aromatic N) is 1. The molecule has 5 aromatic rings. The van der Waals surface area contributed by atoms with Crippen LogP contribution in [0, 0.1) is 5.82 Å². The molecule has 0 saturated heterocycles. The second kappa shape index (κ2) is 10.8. The third-order valence-corrected chi connectivity index (χ3v) is 7.00. The molecule has 0 aliphatic carbocycles. The number of carbonyl (C=O) groups excluding carboxylic acids is 1. The standard InChI is InChI=1S/C33H26FNO6/c1-3-39-28-17-21(9-15-27(28)40-19-20-7-5-4-6-8-20)30-29-31(36)25-18-22(34)10-16-26(25)41-32(29)33(37)35(30)23-11-13-24(38-2)14-12-23/h4-18,30H,3,19H2,1-2H3. The minimum absolute atomic E-state index is 0.0611. The van der Waals surface area contributed by atoms with E-state index in [9.17, 15) is 14.0 Å². The van der Waals surface area contributed by atoms with Gasteiger partial charge < -0.3 is 18.6 Å². The Morgan fingerprint density at radius 2 is 1.66 bits per heavy atom. The number of amides is 1. The van der Waals surface area contributed by atoms with E-state index in [2.05, 4.69) is 0 Å². The molecule has 8 heteroatoms. The Labute approximate surface area is 235 Å². The van der Waals surface area contributed by atoms with Crippen molar-refractivity contribution in [2.24, 2.45) is 0 Å². The highest BCUT2D eigenvalue weighted by molar-refractivity contribution is 6.10.